The lowest BCUT2D eigenvalue weighted by Crippen LogP contribution is -1.86. The summed E-state index contributed by atoms with van der Waals surface area (Å²) in [6.45, 7) is 0. The first-order chi connectivity index (χ1) is 8.74. The van der Waals surface area contributed by atoms with Crippen LogP contribution in [0.25, 0.3) is 22.6 Å². The Morgan fingerprint density at radius 3 is 2.67 bits per heavy atom. The highest BCUT2D eigenvalue weighted by atomic mass is 16.6. The lowest BCUT2D eigenvalue weighted by molar-refractivity contribution is -0.384. The first-order valence-corrected chi connectivity index (χ1v) is 5.19. The van der Waals surface area contributed by atoms with E-state index in [0.29, 0.717) is 17.0 Å². The van der Waals surface area contributed by atoms with E-state index in [1.54, 1.807) is 30.6 Å². The van der Waals surface area contributed by atoms with E-state index in [0.717, 1.165) is 5.56 Å². The van der Waals surface area contributed by atoms with Crippen LogP contribution in [0.2, 0.25) is 0 Å². The van der Waals surface area contributed by atoms with Gasteiger partial charge in [0.25, 0.3) is 5.69 Å². The minimum Gasteiger partial charge on any atom is -0.436 e. The quantitative estimate of drug-likeness (QED) is 0.509. The summed E-state index contributed by atoms with van der Waals surface area (Å²) in [5.41, 5.74) is 1.76. The van der Waals surface area contributed by atoms with E-state index in [1.807, 2.05) is 0 Å². The first kappa shape index (κ1) is 10.4. The second-order valence-corrected chi connectivity index (χ2v) is 3.66. The summed E-state index contributed by atoms with van der Waals surface area (Å²) >= 11 is 0. The Balaban J connectivity index is 2.14. The number of nitrogens with zero attached hydrogens (tertiary/aromatic N) is 3. The maximum absolute atomic E-state index is 10.7. The van der Waals surface area contributed by atoms with Gasteiger partial charge in [-0.15, -0.1) is 0 Å². The highest BCUT2D eigenvalue weighted by Gasteiger charge is 2.12. The summed E-state index contributed by atoms with van der Waals surface area (Å²) in [4.78, 5) is 18.4. The number of oxazole rings is 1. The zero-order chi connectivity index (χ0) is 12.5. The maximum atomic E-state index is 10.7. The number of hydrogen-bond acceptors (Lipinski definition) is 5. The van der Waals surface area contributed by atoms with Gasteiger partial charge in [0.05, 0.1) is 11.0 Å². The van der Waals surface area contributed by atoms with Gasteiger partial charge in [0.15, 0.2) is 5.58 Å². The molecule has 0 N–H and O–H groups in total. The molecule has 88 valence electrons. The van der Waals surface area contributed by atoms with Crippen LogP contribution in [0.3, 0.4) is 0 Å². The van der Waals surface area contributed by atoms with Gasteiger partial charge < -0.3 is 4.42 Å². The third-order valence-corrected chi connectivity index (χ3v) is 2.51. The van der Waals surface area contributed by atoms with E-state index in [1.165, 1.54) is 12.1 Å². The predicted molar refractivity (Wildman–Crippen MR) is 63.9 cm³/mol. The van der Waals surface area contributed by atoms with Gasteiger partial charge in [-0.1, -0.05) is 0 Å². The van der Waals surface area contributed by atoms with Crippen LogP contribution in [0, 0.1) is 10.1 Å². The molecule has 0 spiro atoms. The van der Waals surface area contributed by atoms with Crippen molar-refractivity contribution in [3.63, 3.8) is 0 Å². The van der Waals surface area contributed by atoms with Crippen LogP contribution < -0.4 is 0 Å². The molecule has 0 bridgehead atoms. The molecule has 3 aromatic rings. The van der Waals surface area contributed by atoms with Crippen LogP contribution >= 0.6 is 0 Å². The summed E-state index contributed by atoms with van der Waals surface area (Å²) in [5, 5.41) is 10.7. The fourth-order valence-electron chi connectivity index (χ4n) is 1.64. The molecule has 2 heterocycles. The molecule has 0 unspecified atom stereocenters. The van der Waals surface area contributed by atoms with Crippen LogP contribution in [0.15, 0.2) is 47.1 Å². The zero-order valence-electron chi connectivity index (χ0n) is 9.11. The highest BCUT2D eigenvalue weighted by molar-refractivity contribution is 5.78. The minimum absolute atomic E-state index is 0.0140. The van der Waals surface area contributed by atoms with E-state index in [4.69, 9.17) is 4.42 Å². The minimum atomic E-state index is -0.464. The fourth-order valence-corrected chi connectivity index (χ4v) is 1.64. The first-order valence-electron chi connectivity index (χ1n) is 5.19. The Hall–Kier alpha value is -2.76. The number of non-ortho nitro benzene ring substituents is 1. The molecule has 0 aliphatic carbocycles. The second kappa shape index (κ2) is 3.92. The van der Waals surface area contributed by atoms with Gasteiger partial charge in [-0.05, 0) is 18.2 Å². The molecule has 0 saturated carbocycles. The molecule has 18 heavy (non-hydrogen) atoms. The fraction of sp³-hybridized carbons (Fsp3) is 0. The number of nitro groups is 1. The zero-order valence-corrected chi connectivity index (χ0v) is 9.11. The molecule has 0 radical (unpaired) electrons. The largest absolute Gasteiger partial charge is 0.436 e. The molecule has 3 rings (SSSR count). The Morgan fingerprint density at radius 2 is 1.94 bits per heavy atom. The van der Waals surface area contributed by atoms with Gasteiger partial charge in [0, 0.05) is 24.0 Å². The molecule has 0 atom stereocenters. The number of hydrogen-bond donors (Lipinski definition) is 0. The molecule has 0 aliphatic rings. The van der Waals surface area contributed by atoms with Crippen LogP contribution in [-0.2, 0) is 0 Å². The molecule has 0 amide bonds. The van der Waals surface area contributed by atoms with Crippen LogP contribution in [0.4, 0.5) is 5.69 Å². The van der Waals surface area contributed by atoms with E-state index < -0.39 is 4.92 Å². The van der Waals surface area contributed by atoms with E-state index >= 15 is 0 Å². The van der Waals surface area contributed by atoms with Gasteiger partial charge in [0.2, 0.25) is 5.89 Å². The number of benzene rings is 1. The van der Waals surface area contributed by atoms with Crippen LogP contribution in [-0.4, -0.2) is 14.9 Å². The topological polar surface area (TPSA) is 82.1 Å². The molecule has 2 aromatic heterocycles. The average molecular weight is 241 g/mol. The number of aromatic nitrogens is 2. The van der Waals surface area contributed by atoms with E-state index in [9.17, 15) is 10.1 Å². The summed E-state index contributed by atoms with van der Waals surface area (Å²) in [7, 11) is 0. The predicted octanol–water partition coefficient (Wildman–Crippen LogP) is 2.80. The molecule has 0 saturated heterocycles. The van der Waals surface area contributed by atoms with Crippen molar-refractivity contribution >= 4 is 16.8 Å². The van der Waals surface area contributed by atoms with Crippen molar-refractivity contribution in [3.05, 3.63) is 52.8 Å². The molecule has 0 aliphatic heterocycles. The second-order valence-electron chi connectivity index (χ2n) is 3.66. The van der Waals surface area contributed by atoms with Crippen molar-refractivity contribution in [2.24, 2.45) is 0 Å². The maximum Gasteiger partial charge on any atom is 0.273 e. The monoisotopic (exact) mass is 241 g/mol. The number of pyridine rings is 1. The van der Waals surface area contributed by atoms with Crippen LogP contribution in [0.5, 0.6) is 0 Å². The molecule has 6 heteroatoms. The number of rotatable bonds is 2. The average Bonchev–Trinajstić information content (AvgIpc) is 2.82. The lowest BCUT2D eigenvalue weighted by Gasteiger charge is -1.91. The van der Waals surface area contributed by atoms with Crippen molar-refractivity contribution in [1.82, 2.24) is 9.97 Å². The summed E-state index contributed by atoms with van der Waals surface area (Å²) in [6.07, 6.45) is 3.26. The SMILES string of the molecule is O=[N+]([O-])c1ccc2nc(-c3ccncc3)oc2c1. The van der Waals surface area contributed by atoms with Gasteiger partial charge in [-0.25, -0.2) is 4.98 Å². The van der Waals surface area contributed by atoms with Crippen molar-refractivity contribution < 1.29 is 9.34 Å². The Morgan fingerprint density at radius 1 is 1.17 bits per heavy atom. The van der Waals surface area contributed by atoms with Crippen molar-refractivity contribution in [3.8, 4) is 11.5 Å². The normalized spacial score (nSPS) is 10.7. The molecular formula is C12H7N3O3. The lowest BCUT2D eigenvalue weighted by atomic mass is 10.3. The van der Waals surface area contributed by atoms with Crippen molar-refractivity contribution in [2.45, 2.75) is 0 Å². The van der Waals surface area contributed by atoms with Gasteiger partial charge >= 0.3 is 0 Å². The van der Waals surface area contributed by atoms with Gasteiger partial charge in [-0.2, -0.15) is 0 Å². The smallest absolute Gasteiger partial charge is 0.273 e. The number of fused-ring (bicyclic) bond motifs is 1. The molecular weight excluding hydrogens is 234 g/mol. The van der Waals surface area contributed by atoms with Crippen LogP contribution in [0.1, 0.15) is 0 Å². The van der Waals surface area contributed by atoms with Gasteiger partial charge in [0.1, 0.15) is 5.52 Å². The third kappa shape index (κ3) is 1.69. The molecule has 6 nitrogen and oxygen atoms in total. The van der Waals surface area contributed by atoms with E-state index in [-0.39, 0.29) is 5.69 Å². The standard InChI is InChI=1S/C12H7N3O3/c16-15(17)9-1-2-10-11(7-9)18-12(14-10)8-3-5-13-6-4-8/h1-7H. The summed E-state index contributed by atoms with van der Waals surface area (Å²) < 4.78 is 5.50. The summed E-state index contributed by atoms with van der Waals surface area (Å²) in [5.74, 6) is 0.424. The Kier molecular flexibility index (Phi) is 2.26. The highest BCUT2D eigenvalue weighted by Crippen LogP contribution is 2.26. The summed E-state index contributed by atoms with van der Waals surface area (Å²) in [6, 6.07) is 7.87. The van der Waals surface area contributed by atoms with Gasteiger partial charge in [-0.3, -0.25) is 15.1 Å². The third-order valence-electron chi connectivity index (χ3n) is 2.51. The Labute approximate surface area is 101 Å². The number of nitro benzene ring substituents is 1. The van der Waals surface area contributed by atoms with Crippen molar-refractivity contribution in [2.75, 3.05) is 0 Å². The van der Waals surface area contributed by atoms with Crippen molar-refractivity contribution in [1.29, 1.82) is 0 Å². The molecule has 1 aromatic carbocycles. The molecule has 0 fully saturated rings. The van der Waals surface area contributed by atoms with E-state index in [2.05, 4.69) is 9.97 Å². The Bertz CT molecular complexity index is 722.